The van der Waals surface area contributed by atoms with Crippen molar-refractivity contribution in [3.05, 3.63) is 30.3 Å². The molecule has 1 aromatic rings. The Morgan fingerprint density at radius 1 is 1.04 bits per heavy atom. The van der Waals surface area contributed by atoms with E-state index in [1.54, 1.807) is 17.0 Å². The molecule has 0 bridgehead atoms. The SMILES string of the molecule is CCCN(CC(=O)NCC(=O)Nc1ccccc1)C(=O)C1CCCCC1. The summed E-state index contributed by atoms with van der Waals surface area (Å²) in [5.41, 5.74) is 0.687. The number of nitrogens with zero attached hydrogens (tertiary/aromatic N) is 1. The maximum atomic E-state index is 12.7. The van der Waals surface area contributed by atoms with Crippen LogP contribution in [0.25, 0.3) is 0 Å². The lowest BCUT2D eigenvalue weighted by Gasteiger charge is -2.28. The molecule has 1 saturated carbocycles. The van der Waals surface area contributed by atoms with Crippen LogP contribution in [0.5, 0.6) is 0 Å². The van der Waals surface area contributed by atoms with Crippen LogP contribution in [-0.2, 0) is 14.4 Å². The van der Waals surface area contributed by atoms with Crippen LogP contribution in [0.15, 0.2) is 30.3 Å². The fourth-order valence-corrected chi connectivity index (χ4v) is 3.28. The minimum Gasteiger partial charge on any atom is -0.345 e. The molecular weight excluding hydrogens is 330 g/mol. The number of anilines is 1. The highest BCUT2D eigenvalue weighted by Crippen LogP contribution is 2.25. The molecule has 3 amide bonds. The maximum Gasteiger partial charge on any atom is 0.243 e. The van der Waals surface area contributed by atoms with Gasteiger partial charge in [0, 0.05) is 18.2 Å². The first-order chi connectivity index (χ1) is 12.6. The fraction of sp³-hybridized carbons (Fsp3) is 0.550. The van der Waals surface area contributed by atoms with Gasteiger partial charge < -0.3 is 15.5 Å². The van der Waals surface area contributed by atoms with E-state index in [0.717, 1.165) is 32.1 Å². The molecule has 0 unspecified atom stereocenters. The number of hydrogen-bond donors (Lipinski definition) is 2. The van der Waals surface area contributed by atoms with E-state index < -0.39 is 0 Å². The first kappa shape index (κ1) is 19.9. The quantitative estimate of drug-likeness (QED) is 0.749. The molecule has 6 nitrogen and oxygen atoms in total. The molecule has 2 N–H and O–H groups in total. The van der Waals surface area contributed by atoms with Crippen molar-refractivity contribution < 1.29 is 14.4 Å². The van der Waals surface area contributed by atoms with Crippen LogP contribution in [0.4, 0.5) is 5.69 Å². The number of carbonyl (C=O) groups is 3. The number of benzene rings is 1. The summed E-state index contributed by atoms with van der Waals surface area (Å²) in [5, 5.41) is 5.32. The van der Waals surface area contributed by atoms with Gasteiger partial charge in [-0.15, -0.1) is 0 Å². The van der Waals surface area contributed by atoms with Gasteiger partial charge in [0.05, 0.1) is 13.1 Å². The molecule has 0 aliphatic heterocycles. The van der Waals surface area contributed by atoms with Gasteiger partial charge in [-0.2, -0.15) is 0 Å². The van der Waals surface area contributed by atoms with Crippen LogP contribution in [0.1, 0.15) is 45.4 Å². The van der Waals surface area contributed by atoms with Crippen LogP contribution in [0.3, 0.4) is 0 Å². The molecule has 6 heteroatoms. The molecule has 1 aromatic carbocycles. The van der Waals surface area contributed by atoms with E-state index in [9.17, 15) is 14.4 Å². The van der Waals surface area contributed by atoms with Crippen molar-refractivity contribution in [2.75, 3.05) is 25.0 Å². The van der Waals surface area contributed by atoms with Crippen LogP contribution in [0.2, 0.25) is 0 Å². The van der Waals surface area contributed by atoms with Crippen molar-refractivity contribution in [2.45, 2.75) is 45.4 Å². The fourth-order valence-electron chi connectivity index (χ4n) is 3.28. The molecule has 0 heterocycles. The second kappa shape index (κ2) is 10.6. The van der Waals surface area contributed by atoms with E-state index in [-0.39, 0.29) is 36.7 Å². The largest absolute Gasteiger partial charge is 0.345 e. The van der Waals surface area contributed by atoms with E-state index in [4.69, 9.17) is 0 Å². The third-order valence-electron chi connectivity index (χ3n) is 4.60. The Balaban J connectivity index is 1.79. The van der Waals surface area contributed by atoms with Crippen LogP contribution in [-0.4, -0.2) is 42.3 Å². The molecule has 0 saturated heterocycles. The average molecular weight is 359 g/mol. The van der Waals surface area contributed by atoms with Crippen LogP contribution in [0, 0.1) is 5.92 Å². The maximum absolute atomic E-state index is 12.7. The summed E-state index contributed by atoms with van der Waals surface area (Å²) in [4.78, 5) is 38.4. The Bertz CT molecular complexity index is 598. The van der Waals surface area contributed by atoms with E-state index in [0.29, 0.717) is 12.2 Å². The van der Waals surface area contributed by atoms with Gasteiger partial charge in [0.15, 0.2) is 0 Å². The van der Waals surface area contributed by atoms with E-state index in [2.05, 4.69) is 10.6 Å². The van der Waals surface area contributed by atoms with E-state index >= 15 is 0 Å². The minimum atomic E-state index is -0.300. The topological polar surface area (TPSA) is 78.5 Å². The highest BCUT2D eigenvalue weighted by atomic mass is 16.2. The third kappa shape index (κ3) is 6.50. The predicted molar refractivity (Wildman–Crippen MR) is 102 cm³/mol. The second-order valence-corrected chi connectivity index (χ2v) is 6.79. The Kier molecular flexibility index (Phi) is 8.12. The molecule has 26 heavy (non-hydrogen) atoms. The lowest BCUT2D eigenvalue weighted by Crippen LogP contribution is -2.45. The number of nitrogens with one attached hydrogen (secondary N) is 2. The van der Waals surface area contributed by atoms with Gasteiger partial charge in [-0.3, -0.25) is 14.4 Å². The van der Waals surface area contributed by atoms with Gasteiger partial charge in [0.25, 0.3) is 0 Å². The number of rotatable bonds is 8. The van der Waals surface area contributed by atoms with Gasteiger partial charge >= 0.3 is 0 Å². The zero-order chi connectivity index (χ0) is 18.8. The van der Waals surface area contributed by atoms with Crippen molar-refractivity contribution >= 4 is 23.4 Å². The number of para-hydroxylation sites is 1. The number of hydrogen-bond acceptors (Lipinski definition) is 3. The van der Waals surface area contributed by atoms with Crippen molar-refractivity contribution in [1.29, 1.82) is 0 Å². The molecule has 0 aromatic heterocycles. The summed E-state index contributed by atoms with van der Waals surface area (Å²) in [5.74, 6) is -0.462. The first-order valence-corrected chi connectivity index (χ1v) is 9.50. The van der Waals surface area contributed by atoms with Crippen molar-refractivity contribution in [1.82, 2.24) is 10.2 Å². The molecular formula is C20H29N3O3. The van der Waals surface area contributed by atoms with Gasteiger partial charge in [-0.1, -0.05) is 44.4 Å². The molecule has 1 aliphatic rings. The summed E-state index contributed by atoms with van der Waals surface area (Å²) >= 11 is 0. The number of carbonyl (C=O) groups excluding carboxylic acids is 3. The Labute approximate surface area is 155 Å². The van der Waals surface area contributed by atoms with Gasteiger partial charge in [0.1, 0.15) is 0 Å². The summed E-state index contributed by atoms with van der Waals surface area (Å²) in [6.45, 7) is 2.47. The Morgan fingerprint density at radius 3 is 2.38 bits per heavy atom. The normalized spacial score (nSPS) is 14.5. The molecule has 1 fully saturated rings. The van der Waals surface area contributed by atoms with E-state index in [1.165, 1.54) is 6.42 Å². The Hall–Kier alpha value is -2.37. The zero-order valence-corrected chi connectivity index (χ0v) is 15.5. The van der Waals surface area contributed by atoms with Gasteiger partial charge in [-0.25, -0.2) is 0 Å². The minimum absolute atomic E-state index is 0.0157. The highest BCUT2D eigenvalue weighted by Gasteiger charge is 2.26. The average Bonchev–Trinajstić information content (AvgIpc) is 2.67. The van der Waals surface area contributed by atoms with Crippen LogP contribution < -0.4 is 10.6 Å². The van der Waals surface area contributed by atoms with Gasteiger partial charge in [0.2, 0.25) is 17.7 Å². The predicted octanol–water partition coefficient (Wildman–Crippen LogP) is 2.56. The van der Waals surface area contributed by atoms with E-state index in [1.807, 2.05) is 25.1 Å². The molecule has 0 spiro atoms. The number of amides is 3. The van der Waals surface area contributed by atoms with Gasteiger partial charge in [-0.05, 0) is 31.4 Å². The standard InChI is InChI=1S/C20H29N3O3/c1-2-13-23(20(26)16-9-5-3-6-10-16)15-19(25)21-14-18(24)22-17-11-7-4-8-12-17/h4,7-8,11-12,16H,2-3,5-6,9-10,13-15H2,1H3,(H,21,25)(H,22,24). The van der Waals surface area contributed by atoms with Crippen molar-refractivity contribution in [3.63, 3.8) is 0 Å². The Morgan fingerprint density at radius 2 is 1.73 bits per heavy atom. The zero-order valence-electron chi connectivity index (χ0n) is 15.5. The lowest BCUT2D eigenvalue weighted by molar-refractivity contribution is -0.140. The lowest BCUT2D eigenvalue weighted by atomic mass is 9.88. The van der Waals surface area contributed by atoms with Crippen molar-refractivity contribution in [3.8, 4) is 0 Å². The third-order valence-corrected chi connectivity index (χ3v) is 4.60. The summed E-state index contributed by atoms with van der Waals surface area (Å²) in [7, 11) is 0. The smallest absolute Gasteiger partial charge is 0.243 e. The van der Waals surface area contributed by atoms with Crippen LogP contribution >= 0.6 is 0 Å². The molecule has 1 aliphatic carbocycles. The highest BCUT2D eigenvalue weighted by molar-refractivity contribution is 5.95. The summed E-state index contributed by atoms with van der Waals surface area (Å²) < 4.78 is 0. The molecule has 2 rings (SSSR count). The molecule has 142 valence electrons. The summed E-state index contributed by atoms with van der Waals surface area (Å²) in [6, 6.07) is 9.08. The molecule has 0 radical (unpaired) electrons. The second-order valence-electron chi connectivity index (χ2n) is 6.79. The monoisotopic (exact) mass is 359 g/mol. The summed E-state index contributed by atoms with van der Waals surface area (Å²) in [6.07, 6.45) is 6.00. The molecule has 0 atom stereocenters. The first-order valence-electron chi connectivity index (χ1n) is 9.50. The van der Waals surface area contributed by atoms with Crippen molar-refractivity contribution in [2.24, 2.45) is 5.92 Å².